The fourth-order valence-corrected chi connectivity index (χ4v) is 2.41. The van der Waals surface area contributed by atoms with Gasteiger partial charge < -0.3 is 20.4 Å². The van der Waals surface area contributed by atoms with E-state index in [1.165, 1.54) is 0 Å². The Morgan fingerprint density at radius 1 is 0.553 bits per heavy atom. The second kappa shape index (κ2) is 11.1. The van der Waals surface area contributed by atoms with Crippen molar-refractivity contribution in [2.75, 3.05) is 13.2 Å². The van der Waals surface area contributed by atoms with Crippen LogP contribution in [0, 0.1) is 16.2 Å². The van der Waals surface area contributed by atoms with Crippen LogP contribution < -0.4 is 0 Å². The summed E-state index contributed by atoms with van der Waals surface area (Å²) >= 11 is -22.5. The summed E-state index contributed by atoms with van der Waals surface area (Å²) in [7, 11) is 0. The van der Waals surface area contributed by atoms with Crippen molar-refractivity contribution in [2.24, 2.45) is 26.2 Å². The Kier molecular flexibility index (Phi) is 13.2. The van der Waals surface area contributed by atoms with Gasteiger partial charge >= 0.3 is 89.8 Å². The fourth-order valence-electron chi connectivity index (χ4n) is 2.41. The average Bonchev–Trinajstić information content (AvgIpc) is 3.10. The monoisotopic (exact) mass is 863 g/mol. The Bertz CT molecular complexity index is 770. The number of rotatable bonds is 2. The third kappa shape index (κ3) is 25.2. The fraction of sp³-hybridized carbons (Fsp3) is 0.882. The van der Waals surface area contributed by atoms with E-state index < -0.39 is 39.0 Å². The first kappa shape index (κ1) is 45.2. The Morgan fingerprint density at radius 2 is 0.737 bits per heavy atom. The second-order valence-corrected chi connectivity index (χ2v) is 21.7. The molecule has 0 aromatic heterocycles. The van der Waals surface area contributed by atoms with Crippen LogP contribution in [0.15, 0.2) is 9.98 Å². The molecule has 21 heteroatoms. The van der Waals surface area contributed by atoms with E-state index in [1.54, 1.807) is 0 Å². The quantitative estimate of drug-likeness (QED) is 0.239. The molecule has 0 fully saturated rings. The molecule has 38 heavy (non-hydrogen) atoms. The van der Waals surface area contributed by atoms with Gasteiger partial charge in [-0.15, -0.1) is 0 Å². The minimum absolute atomic E-state index is 0. The Hall–Kier alpha value is 0.176. The molecule has 0 spiro atoms. The van der Waals surface area contributed by atoms with E-state index in [0.29, 0.717) is 13.2 Å². The summed E-state index contributed by atoms with van der Waals surface area (Å²) in [6.07, 6.45) is 0. The molecule has 0 aromatic rings. The van der Waals surface area contributed by atoms with Crippen molar-refractivity contribution in [3.8, 4) is 0 Å². The zero-order valence-electron chi connectivity index (χ0n) is 21.5. The molecule has 1 radical (unpaired) electrons. The summed E-state index contributed by atoms with van der Waals surface area (Å²) in [6.45, 7) is 18.6. The van der Waals surface area contributed by atoms with Gasteiger partial charge in [0.05, 0.1) is 12.1 Å². The van der Waals surface area contributed by atoms with Crippen LogP contribution in [0.1, 0.15) is 55.4 Å². The van der Waals surface area contributed by atoms with E-state index in [1.807, 2.05) is 0 Å². The predicted molar refractivity (Wildman–Crippen MR) is 119 cm³/mol. The molecule has 0 bridgehead atoms. The van der Waals surface area contributed by atoms with E-state index in [9.17, 15) is 33.8 Å². The van der Waals surface area contributed by atoms with Crippen LogP contribution in [0.3, 0.4) is 0 Å². The topological polar surface area (TPSA) is 106 Å². The van der Waals surface area contributed by atoms with Crippen molar-refractivity contribution in [1.82, 2.24) is 0 Å². The first-order valence-electron chi connectivity index (χ1n) is 9.87. The van der Waals surface area contributed by atoms with Gasteiger partial charge in [0, 0.05) is 0 Å². The van der Waals surface area contributed by atoms with Crippen LogP contribution in [0.4, 0.5) is 33.8 Å². The normalized spacial score (nSPS) is 23.5. The summed E-state index contributed by atoms with van der Waals surface area (Å²) in [6, 6.07) is 0.402. The van der Waals surface area contributed by atoms with Crippen LogP contribution in [0.25, 0.3) is 0 Å². The van der Waals surface area contributed by atoms with E-state index in [2.05, 4.69) is 55.4 Å². The summed E-state index contributed by atoms with van der Waals surface area (Å²) in [5.74, 6) is 1.52. The third-order valence-electron chi connectivity index (χ3n) is 4.37. The van der Waals surface area contributed by atoms with Gasteiger partial charge in [-0.1, -0.05) is 41.5 Å². The molecular weight excluding hydrogens is 831 g/mol. The number of nitrogens with zero attached hydrogens (tertiary/aromatic N) is 2. The van der Waals surface area contributed by atoms with Crippen LogP contribution in [-0.4, -0.2) is 87.0 Å². The molecular formula is C17H34CuF12N2O4Sb2. The molecule has 0 aromatic carbocycles. The van der Waals surface area contributed by atoms with Crippen LogP contribution in [-0.2, 0) is 26.5 Å². The molecule has 2 atom stereocenters. The molecule has 0 saturated carbocycles. The number of hydrogen-bond acceptors (Lipinski definition) is 4. The van der Waals surface area contributed by atoms with E-state index in [-0.39, 0.29) is 56.3 Å². The maximum atomic E-state index is 9.93. The first-order valence-corrected chi connectivity index (χ1v) is 21.4. The van der Waals surface area contributed by atoms with Crippen molar-refractivity contribution in [3.63, 3.8) is 0 Å². The van der Waals surface area contributed by atoms with Gasteiger partial charge in [-0.05, 0) is 24.7 Å². The van der Waals surface area contributed by atoms with Gasteiger partial charge in [0.2, 0.25) is 0 Å². The molecule has 2 aliphatic rings. The number of hydrogen-bond donors (Lipinski definition) is 0. The van der Waals surface area contributed by atoms with Crippen LogP contribution >= 0.6 is 0 Å². The summed E-state index contributed by atoms with van der Waals surface area (Å²) in [4.78, 5) is 9.59. The zero-order valence-corrected chi connectivity index (χ0v) is 27.6. The molecule has 2 heterocycles. The van der Waals surface area contributed by atoms with Gasteiger partial charge in [-0.3, -0.25) is 0 Å². The Morgan fingerprint density at radius 3 is 0.868 bits per heavy atom. The van der Waals surface area contributed by atoms with Gasteiger partial charge in [0.25, 0.3) is 0 Å². The second-order valence-electron chi connectivity index (χ2n) is 10.8. The maximum absolute atomic E-state index is 11.2. The van der Waals surface area contributed by atoms with E-state index in [4.69, 9.17) is 19.5 Å². The molecule has 241 valence electrons. The Labute approximate surface area is 227 Å². The minimum atomic E-state index is -11.2. The van der Waals surface area contributed by atoms with Gasteiger partial charge in [0.1, 0.15) is 18.6 Å². The zero-order chi connectivity index (χ0) is 28.9. The molecule has 4 N–H and O–H groups in total. The number of aliphatic imine (C=N–C) groups is 2. The van der Waals surface area contributed by atoms with Crippen LogP contribution in [0.5, 0.6) is 0 Å². The van der Waals surface area contributed by atoms with Crippen molar-refractivity contribution in [3.05, 3.63) is 0 Å². The van der Waals surface area contributed by atoms with Crippen LogP contribution in [0.2, 0.25) is 0 Å². The molecule has 0 saturated heterocycles. The SMILES string of the molecule is CC(C)(C1=N[C@H](C(C)(C)C)CO1)C1=N[C@H](C(C)(C)C)CO1.O.O.[Cu+2].[F][Sb-]([F])([F])([F])([F])[F].[F][Sb-]([F])([F])([F])([F])[F]. The van der Waals surface area contributed by atoms with E-state index >= 15 is 0 Å². The van der Waals surface area contributed by atoms with Crippen molar-refractivity contribution in [2.45, 2.75) is 67.5 Å². The van der Waals surface area contributed by atoms with Gasteiger partial charge in [-0.25, -0.2) is 9.98 Å². The molecule has 0 amide bonds. The van der Waals surface area contributed by atoms with Gasteiger partial charge in [0.15, 0.2) is 11.8 Å². The number of halogens is 12. The molecule has 6 nitrogen and oxygen atoms in total. The molecule has 0 aliphatic carbocycles. The molecule has 2 rings (SSSR count). The summed E-state index contributed by atoms with van der Waals surface area (Å²) < 4.78 is 131. The third-order valence-corrected chi connectivity index (χ3v) is 4.37. The number of ether oxygens (including phenoxy) is 2. The van der Waals surface area contributed by atoms with Gasteiger partial charge in [-0.2, -0.15) is 0 Å². The molecule has 2 aliphatic heterocycles. The average molecular weight is 866 g/mol. The van der Waals surface area contributed by atoms with Crippen molar-refractivity contribution < 1.29 is 71.3 Å². The predicted octanol–water partition coefficient (Wildman–Crippen LogP) is 6.33. The summed E-state index contributed by atoms with van der Waals surface area (Å²) in [5.41, 5.74) is -0.158. The first-order chi connectivity index (χ1) is 14.3. The summed E-state index contributed by atoms with van der Waals surface area (Å²) in [5, 5.41) is 0. The Balaban J connectivity index is -0.000000286. The standard InChI is InChI=1S/C17H30N2O2.Cu.12FH.2H2O.2Sb/c1-15(2,3)11-9-20-13(18-11)17(7,8)14-19-12(10-21-14)16(4,5)6;;;;;;;;;;;;;;;;;/h11-12H,9-10H2,1-8H3;;12*1H;2*1H2;;/q;+2;;;;;;;;;;;;;;;2*+5/p-12/t11-,12-;;;;;;;;;;;;;;;;;/m0................./s1. The van der Waals surface area contributed by atoms with E-state index in [0.717, 1.165) is 11.8 Å². The van der Waals surface area contributed by atoms with Crippen molar-refractivity contribution >= 4 is 50.7 Å². The molecule has 0 unspecified atom stereocenters. The van der Waals surface area contributed by atoms with Crippen molar-refractivity contribution in [1.29, 1.82) is 0 Å².